The number of methoxy groups -OCH3 is 1. The van der Waals surface area contributed by atoms with Gasteiger partial charge in [-0.15, -0.1) is 0 Å². The van der Waals surface area contributed by atoms with Crippen LogP contribution in [0.1, 0.15) is 52.5 Å². The molecule has 2 rings (SSSR count). The van der Waals surface area contributed by atoms with Crippen LogP contribution in [-0.4, -0.2) is 19.7 Å². The van der Waals surface area contributed by atoms with Gasteiger partial charge in [0.2, 0.25) is 0 Å². The average Bonchev–Trinajstić information content (AvgIpc) is 2.65. The summed E-state index contributed by atoms with van der Waals surface area (Å²) in [6, 6.07) is 10.1. The lowest BCUT2D eigenvalue weighted by Crippen LogP contribution is -2.05. The first-order valence-corrected chi connectivity index (χ1v) is 9.33. The van der Waals surface area contributed by atoms with E-state index >= 15 is 0 Å². The molecule has 1 aromatic rings. The fourth-order valence-corrected chi connectivity index (χ4v) is 2.04. The number of esters is 1. The second-order valence-corrected chi connectivity index (χ2v) is 5.86. The SMILES string of the molecule is CCC.CCOC(=O)/C(C)=C/C1=CCCC=C1.COCc1ccccc1. The second kappa shape index (κ2) is 16.3. The summed E-state index contributed by atoms with van der Waals surface area (Å²) >= 11 is 0. The van der Waals surface area contributed by atoms with Crippen molar-refractivity contribution in [3.8, 4) is 0 Å². The van der Waals surface area contributed by atoms with Crippen molar-refractivity contribution in [3.63, 3.8) is 0 Å². The van der Waals surface area contributed by atoms with Crippen LogP contribution < -0.4 is 0 Å². The maximum Gasteiger partial charge on any atom is 0.333 e. The minimum Gasteiger partial charge on any atom is -0.463 e. The molecule has 0 aliphatic heterocycles. The van der Waals surface area contributed by atoms with E-state index in [9.17, 15) is 4.79 Å². The summed E-state index contributed by atoms with van der Waals surface area (Å²) in [5, 5.41) is 0. The molecule has 1 aliphatic rings. The molecule has 0 bridgehead atoms. The van der Waals surface area contributed by atoms with E-state index in [1.54, 1.807) is 14.0 Å². The Balaban J connectivity index is 0.000000446. The van der Waals surface area contributed by atoms with Crippen LogP contribution in [0, 0.1) is 0 Å². The minimum absolute atomic E-state index is 0.229. The van der Waals surface area contributed by atoms with Gasteiger partial charge in [0.1, 0.15) is 0 Å². The lowest BCUT2D eigenvalue weighted by atomic mass is 10.1. The van der Waals surface area contributed by atoms with Gasteiger partial charge in [-0.3, -0.25) is 0 Å². The van der Waals surface area contributed by atoms with Gasteiger partial charge in [-0.25, -0.2) is 4.79 Å². The number of carbonyl (C=O) groups is 1. The molecule has 144 valence electrons. The first-order valence-electron chi connectivity index (χ1n) is 9.33. The van der Waals surface area contributed by atoms with Crippen LogP contribution in [0.25, 0.3) is 0 Å². The third-order valence-corrected chi connectivity index (χ3v) is 3.16. The minimum atomic E-state index is -0.229. The predicted octanol–water partition coefficient (Wildman–Crippen LogP) is 6.02. The van der Waals surface area contributed by atoms with Gasteiger partial charge < -0.3 is 9.47 Å². The Labute approximate surface area is 159 Å². The van der Waals surface area contributed by atoms with E-state index in [0.717, 1.165) is 18.4 Å². The molecule has 3 heteroatoms. The summed E-state index contributed by atoms with van der Waals surface area (Å²) in [6.45, 7) is 8.98. The van der Waals surface area contributed by atoms with Crippen LogP contribution in [-0.2, 0) is 20.9 Å². The fraction of sp³-hybridized carbons (Fsp3) is 0.435. The van der Waals surface area contributed by atoms with E-state index < -0.39 is 0 Å². The molecular weight excluding hydrogens is 324 g/mol. The molecular formula is C23H34O3. The van der Waals surface area contributed by atoms with E-state index in [0.29, 0.717) is 18.8 Å². The third-order valence-electron chi connectivity index (χ3n) is 3.16. The number of hydrogen-bond acceptors (Lipinski definition) is 3. The molecule has 3 nitrogen and oxygen atoms in total. The molecule has 0 N–H and O–H groups in total. The summed E-state index contributed by atoms with van der Waals surface area (Å²) in [7, 11) is 1.70. The van der Waals surface area contributed by atoms with Gasteiger partial charge in [-0.1, -0.05) is 68.8 Å². The molecule has 0 radical (unpaired) electrons. The smallest absolute Gasteiger partial charge is 0.333 e. The molecule has 1 aliphatic carbocycles. The van der Waals surface area contributed by atoms with Gasteiger partial charge in [0.25, 0.3) is 0 Å². The highest BCUT2D eigenvalue weighted by Gasteiger charge is 2.04. The van der Waals surface area contributed by atoms with Crippen molar-refractivity contribution in [1.29, 1.82) is 0 Å². The molecule has 0 atom stereocenters. The van der Waals surface area contributed by atoms with Crippen LogP contribution in [0.15, 0.2) is 65.8 Å². The first kappa shape index (κ1) is 23.9. The van der Waals surface area contributed by atoms with Gasteiger partial charge in [0.05, 0.1) is 13.2 Å². The predicted molar refractivity (Wildman–Crippen MR) is 110 cm³/mol. The Bertz CT molecular complexity index is 568. The van der Waals surface area contributed by atoms with Gasteiger partial charge in [-0.2, -0.15) is 0 Å². The molecule has 0 saturated carbocycles. The van der Waals surface area contributed by atoms with Crippen molar-refractivity contribution in [2.24, 2.45) is 0 Å². The van der Waals surface area contributed by atoms with Gasteiger partial charge >= 0.3 is 5.97 Å². The van der Waals surface area contributed by atoms with Gasteiger partial charge in [-0.05, 0) is 43.9 Å². The quantitative estimate of drug-likeness (QED) is 0.477. The van der Waals surface area contributed by atoms with Crippen molar-refractivity contribution in [1.82, 2.24) is 0 Å². The molecule has 1 aromatic carbocycles. The van der Waals surface area contributed by atoms with Crippen LogP contribution in [0.3, 0.4) is 0 Å². The molecule has 0 amide bonds. The number of hydrogen-bond donors (Lipinski definition) is 0. The van der Waals surface area contributed by atoms with Crippen molar-refractivity contribution < 1.29 is 14.3 Å². The maximum atomic E-state index is 11.3. The Morgan fingerprint density at radius 2 is 1.77 bits per heavy atom. The zero-order chi connectivity index (χ0) is 19.6. The third kappa shape index (κ3) is 12.3. The van der Waals surface area contributed by atoms with Crippen LogP contribution in [0.2, 0.25) is 0 Å². The van der Waals surface area contributed by atoms with Crippen LogP contribution >= 0.6 is 0 Å². The molecule has 0 unspecified atom stereocenters. The number of benzene rings is 1. The summed E-state index contributed by atoms with van der Waals surface area (Å²) in [5.41, 5.74) is 2.98. The van der Waals surface area contributed by atoms with E-state index in [1.807, 2.05) is 49.4 Å². The first-order chi connectivity index (χ1) is 12.6. The molecule has 0 aromatic heterocycles. The highest BCUT2D eigenvalue weighted by atomic mass is 16.5. The van der Waals surface area contributed by atoms with E-state index in [2.05, 4.69) is 26.0 Å². The van der Waals surface area contributed by atoms with Crippen molar-refractivity contribution in [2.75, 3.05) is 13.7 Å². The maximum absolute atomic E-state index is 11.3. The van der Waals surface area contributed by atoms with Crippen molar-refractivity contribution >= 4 is 5.97 Å². The normalized spacial score (nSPS) is 12.8. The summed E-state index contributed by atoms with van der Waals surface area (Å²) in [5.74, 6) is -0.229. The topological polar surface area (TPSA) is 35.5 Å². The largest absolute Gasteiger partial charge is 0.463 e. The van der Waals surface area contributed by atoms with Crippen LogP contribution in [0.5, 0.6) is 0 Å². The highest BCUT2D eigenvalue weighted by molar-refractivity contribution is 5.88. The average molecular weight is 359 g/mol. The van der Waals surface area contributed by atoms with Crippen LogP contribution in [0.4, 0.5) is 0 Å². The summed E-state index contributed by atoms with van der Waals surface area (Å²) in [6.07, 6.45) is 11.5. The lowest BCUT2D eigenvalue weighted by Gasteiger charge is -2.04. The number of ether oxygens (including phenoxy) is 2. The molecule has 0 fully saturated rings. The second-order valence-electron chi connectivity index (χ2n) is 5.86. The van der Waals surface area contributed by atoms with Crippen molar-refractivity contribution in [3.05, 3.63) is 71.3 Å². The van der Waals surface area contributed by atoms with E-state index in [1.165, 1.54) is 12.0 Å². The Kier molecular flexibility index (Phi) is 15.0. The zero-order valence-electron chi connectivity index (χ0n) is 17.0. The fourth-order valence-electron chi connectivity index (χ4n) is 2.04. The van der Waals surface area contributed by atoms with Gasteiger partial charge in [0, 0.05) is 12.7 Å². The molecule has 26 heavy (non-hydrogen) atoms. The van der Waals surface area contributed by atoms with Crippen molar-refractivity contribution in [2.45, 2.75) is 53.6 Å². The van der Waals surface area contributed by atoms with E-state index in [-0.39, 0.29) is 5.97 Å². The molecule has 0 spiro atoms. The number of carbonyl (C=O) groups excluding carboxylic acids is 1. The summed E-state index contributed by atoms with van der Waals surface area (Å²) < 4.78 is 9.81. The zero-order valence-corrected chi connectivity index (χ0v) is 17.0. The Morgan fingerprint density at radius 3 is 2.27 bits per heavy atom. The van der Waals surface area contributed by atoms with E-state index in [4.69, 9.17) is 9.47 Å². The Hall–Kier alpha value is -2.13. The summed E-state index contributed by atoms with van der Waals surface area (Å²) in [4.78, 5) is 11.3. The number of allylic oxidation sites excluding steroid dienone is 5. The Morgan fingerprint density at radius 1 is 1.12 bits per heavy atom. The molecule has 0 heterocycles. The monoisotopic (exact) mass is 358 g/mol. The number of rotatable bonds is 5. The molecule has 0 saturated heterocycles. The standard InChI is InChI=1S/C12H16O2.C8H10O.C3H8/c1-3-14-12(13)10(2)9-11-7-5-4-6-8-11;1-9-7-8-5-3-2-4-6-8;1-3-2/h5,7-9H,3-4,6H2,1-2H3;2-6H,7H2,1H3;3H2,1-2H3/b10-9+;;. The van der Waals surface area contributed by atoms with Gasteiger partial charge in [0.15, 0.2) is 0 Å². The lowest BCUT2D eigenvalue weighted by molar-refractivity contribution is -0.138. The highest BCUT2D eigenvalue weighted by Crippen LogP contribution is 2.13.